The summed E-state index contributed by atoms with van der Waals surface area (Å²) in [5, 5.41) is 5.61. The van der Waals surface area contributed by atoms with Crippen LogP contribution in [0, 0.1) is 0 Å². The third-order valence-corrected chi connectivity index (χ3v) is 10.1. The summed E-state index contributed by atoms with van der Waals surface area (Å²) in [7, 11) is 12.9. The number of rotatable bonds is 19. The summed E-state index contributed by atoms with van der Waals surface area (Å²) in [4.78, 5) is 54.5. The molecule has 4 aromatic carbocycles. The number of hydrogen-bond acceptors (Lipinski definition) is 14. The third-order valence-electron chi connectivity index (χ3n) is 10.1. The maximum Gasteiger partial charge on any atom is 0.328 e. The molecule has 4 atom stereocenters. The molecule has 0 spiro atoms. The Labute approximate surface area is 353 Å². The van der Waals surface area contributed by atoms with Gasteiger partial charge in [-0.25, -0.2) is 9.59 Å². The first kappa shape index (κ1) is 45.0. The van der Waals surface area contributed by atoms with E-state index in [1.54, 1.807) is 66.7 Å². The Balaban J connectivity index is 1.53. The number of carbonyl (C=O) groups is 4. The smallest absolute Gasteiger partial charge is 0.328 e. The van der Waals surface area contributed by atoms with Gasteiger partial charge in [-0.05, 0) is 70.8 Å². The fourth-order valence-electron chi connectivity index (χ4n) is 7.05. The maximum atomic E-state index is 14.8. The van der Waals surface area contributed by atoms with Gasteiger partial charge in [0.1, 0.15) is 24.1 Å². The molecule has 2 N–H and O–H groups in total. The molecule has 324 valence electrons. The summed E-state index contributed by atoms with van der Waals surface area (Å²) in [6.07, 6.45) is 1.87. The molecule has 5 rings (SSSR count). The normalized spacial score (nSPS) is 15.0. The highest BCUT2D eigenvalue weighted by atomic mass is 16.5. The lowest BCUT2D eigenvalue weighted by Gasteiger charge is -2.24. The molecule has 0 aliphatic carbocycles. The molecule has 4 unspecified atom stereocenters. The molecular formula is C45H50N2O14. The molecule has 0 fully saturated rings. The van der Waals surface area contributed by atoms with Crippen LogP contribution in [0.15, 0.2) is 72.8 Å². The number of fused-ring (bicyclic) bond motifs is 1. The van der Waals surface area contributed by atoms with Crippen LogP contribution < -0.4 is 48.5 Å². The lowest BCUT2D eigenvalue weighted by Crippen LogP contribution is -2.45. The SMILES string of the molecule is COC(=O)C(Cc1ccc(OC)c(OC)c1)NC(=O)C=Cc1ccc(OC)c2c1C(C(=O)NC(Cc1ccc(OC)c(OC)c1)C(=O)OC)C(c1ccc(OC)c(OC)c1)O2. The van der Waals surface area contributed by atoms with Crippen molar-refractivity contribution in [3.63, 3.8) is 0 Å². The summed E-state index contributed by atoms with van der Waals surface area (Å²) in [6, 6.07) is 16.5. The minimum Gasteiger partial charge on any atom is -0.493 e. The first-order chi connectivity index (χ1) is 29.5. The van der Waals surface area contributed by atoms with Gasteiger partial charge in [0, 0.05) is 24.5 Å². The molecule has 16 nitrogen and oxygen atoms in total. The van der Waals surface area contributed by atoms with Crippen LogP contribution >= 0.6 is 0 Å². The van der Waals surface area contributed by atoms with E-state index in [4.69, 9.17) is 47.4 Å². The Morgan fingerprint density at radius 1 is 0.574 bits per heavy atom. The van der Waals surface area contributed by atoms with Crippen molar-refractivity contribution in [3.8, 4) is 46.0 Å². The van der Waals surface area contributed by atoms with Gasteiger partial charge in [0.05, 0.1) is 64.0 Å². The van der Waals surface area contributed by atoms with E-state index in [2.05, 4.69) is 10.6 Å². The van der Waals surface area contributed by atoms with Crippen molar-refractivity contribution in [3.05, 3.63) is 101 Å². The number of esters is 2. The lowest BCUT2D eigenvalue weighted by molar-refractivity contribution is -0.145. The largest absolute Gasteiger partial charge is 0.493 e. The van der Waals surface area contributed by atoms with Gasteiger partial charge in [-0.3, -0.25) is 9.59 Å². The maximum absolute atomic E-state index is 14.8. The van der Waals surface area contributed by atoms with E-state index in [1.807, 2.05) is 0 Å². The van der Waals surface area contributed by atoms with Crippen LogP contribution in [0.4, 0.5) is 0 Å². The van der Waals surface area contributed by atoms with Crippen LogP contribution in [0.2, 0.25) is 0 Å². The number of methoxy groups -OCH3 is 9. The highest BCUT2D eigenvalue weighted by Gasteiger charge is 2.45. The Morgan fingerprint density at radius 3 is 1.52 bits per heavy atom. The van der Waals surface area contributed by atoms with Crippen molar-refractivity contribution in [2.75, 3.05) is 64.0 Å². The number of nitrogens with one attached hydrogen (secondary N) is 2. The molecule has 2 amide bonds. The fourth-order valence-corrected chi connectivity index (χ4v) is 7.05. The van der Waals surface area contributed by atoms with E-state index in [0.717, 1.165) is 0 Å². The van der Waals surface area contributed by atoms with Crippen molar-refractivity contribution < 1.29 is 66.5 Å². The van der Waals surface area contributed by atoms with Crippen LogP contribution in [0.3, 0.4) is 0 Å². The first-order valence-electron chi connectivity index (χ1n) is 18.9. The topological polar surface area (TPSA) is 185 Å². The minimum atomic E-state index is -1.15. The zero-order valence-electron chi connectivity index (χ0n) is 35.4. The summed E-state index contributed by atoms with van der Waals surface area (Å²) in [5.41, 5.74) is 2.65. The van der Waals surface area contributed by atoms with Gasteiger partial charge in [-0.2, -0.15) is 0 Å². The van der Waals surface area contributed by atoms with Gasteiger partial charge in [-0.1, -0.05) is 24.3 Å². The number of ether oxygens (including phenoxy) is 10. The molecule has 0 radical (unpaired) electrons. The molecule has 1 aliphatic rings. The molecule has 0 aromatic heterocycles. The summed E-state index contributed by atoms with van der Waals surface area (Å²) < 4.78 is 55.0. The Hall–Kier alpha value is -7.10. The van der Waals surface area contributed by atoms with E-state index in [0.29, 0.717) is 68.1 Å². The lowest BCUT2D eigenvalue weighted by atomic mass is 9.86. The van der Waals surface area contributed by atoms with Crippen molar-refractivity contribution in [2.24, 2.45) is 0 Å². The quantitative estimate of drug-likeness (QED) is 0.0972. The predicted octanol–water partition coefficient (Wildman–Crippen LogP) is 4.78. The second-order valence-electron chi connectivity index (χ2n) is 13.5. The average molecular weight is 843 g/mol. The second-order valence-corrected chi connectivity index (χ2v) is 13.5. The van der Waals surface area contributed by atoms with Crippen molar-refractivity contribution in [1.82, 2.24) is 10.6 Å². The van der Waals surface area contributed by atoms with Crippen LogP contribution in [0.25, 0.3) is 6.08 Å². The Kier molecular flexibility index (Phi) is 15.3. The molecule has 1 aliphatic heterocycles. The minimum absolute atomic E-state index is 0.0376. The van der Waals surface area contributed by atoms with Gasteiger partial charge in [0.2, 0.25) is 11.8 Å². The number of hydrogen-bond donors (Lipinski definition) is 2. The van der Waals surface area contributed by atoms with Gasteiger partial charge >= 0.3 is 11.9 Å². The summed E-state index contributed by atoms with van der Waals surface area (Å²) >= 11 is 0. The number of amides is 2. The van der Waals surface area contributed by atoms with E-state index < -0.39 is 47.9 Å². The van der Waals surface area contributed by atoms with Crippen LogP contribution in [0.1, 0.15) is 39.8 Å². The molecule has 4 aromatic rings. The van der Waals surface area contributed by atoms with Gasteiger partial charge in [-0.15, -0.1) is 0 Å². The molecule has 61 heavy (non-hydrogen) atoms. The molecule has 0 saturated heterocycles. The predicted molar refractivity (Wildman–Crippen MR) is 222 cm³/mol. The van der Waals surface area contributed by atoms with Gasteiger partial charge in [0.25, 0.3) is 0 Å². The molecule has 0 saturated carbocycles. The Bertz CT molecular complexity index is 2260. The van der Waals surface area contributed by atoms with Crippen molar-refractivity contribution in [2.45, 2.75) is 36.9 Å². The van der Waals surface area contributed by atoms with Crippen molar-refractivity contribution in [1.29, 1.82) is 0 Å². The van der Waals surface area contributed by atoms with Crippen LogP contribution in [-0.4, -0.2) is 99.8 Å². The highest BCUT2D eigenvalue weighted by Crippen LogP contribution is 2.53. The van der Waals surface area contributed by atoms with Gasteiger partial charge in [0.15, 0.2) is 46.0 Å². The average Bonchev–Trinajstić information content (AvgIpc) is 3.70. The molecule has 1 heterocycles. The first-order valence-corrected chi connectivity index (χ1v) is 18.9. The van der Waals surface area contributed by atoms with Crippen LogP contribution in [0.5, 0.6) is 46.0 Å². The molecule has 16 heteroatoms. The number of carbonyl (C=O) groups excluding carboxylic acids is 4. The van der Waals surface area contributed by atoms with E-state index >= 15 is 0 Å². The highest BCUT2D eigenvalue weighted by molar-refractivity contribution is 5.96. The standard InChI is InChI=1S/C45H50N2O14/c1-52-31-15-10-25(22-35(31)56-5)20-29(44(50)59-8)46-38(48)19-14-27-12-18-34(55-4)42-39(27)40(41(61-42)28-13-17-33(54-3)37(24-28)58-7)43(49)47-30(45(51)60-9)21-26-11-16-32(53-2)36(23-26)57-6/h10-19,22-24,29-30,40-41H,20-21H2,1-9H3,(H,46,48)(H,47,49). The molecular weight excluding hydrogens is 792 g/mol. The fraction of sp³-hybridized carbons (Fsp3) is 0.333. The molecule has 0 bridgehead atoms. The van der Waals surface area contributed by atoms with Crippen LogP contribution in [-0.2, 0) is 41.5 Å². The van der Waals surface area contributed by atoms with Gasteiger partial charge < -0.3 is 58.0 Å². The Morgan fingerprint density at radius 2 is 1.03 bits per heavy atom. The zero-order chi connectivity index (χ0) is 44.2. The van der Waals surface area contributed by atoms with E-state index in [1.165, 1.54) is 76.1 Å². The van der Waals surface area contributed by atoms with E-state index in [-0.39, 0.29) is 18.6 Å². The summed E-state index contributed by atoms with van der Waals surface area (Å²) in [6.45, 7) is 0. The summed E-state index contributed by atoms with van der Waals surface area (Å²) in [5.74, 6) is -0.443. The zero-order valence-corrected chi connectivity index (χ0v) is 35.4. The monoisotopic (exact) mass is 842 g/mol. The second kappa shape index (κ2) is 20.7. The van der Waals surface area contributed by atoms with Crippen molar-refractivity contribution >= 4 is 29.8 Å². The number of benzene rings is 4. The third kappa shape index (κ3) is 10.2. The van der Waals surface area contributed by atoms with E-state index in [9.17, 15) is 19.2 Å².